The Labute approximate surface area is 105 Å². The minimum absolute atomic E-state index is 0.0591. The van der Waals surface area contributed by atoms with Crippen molar-refractivity contribution in [3.8, 4) is 0 Å². The summed E-state index contributed by atoms with van der Waals surface area (Å²) in [6.07, 6.45) is 5.41. The topological polar surface area (TPSA) is 75.4 Å². The molecule has 6 heteroatoms. The molecule has 0 saturated heterocycles. The van der Waals surface area contributed by atoms with Crippen molar-refractivity contribution in [1.82, 2.24) is 9.03 Å². The summed E-state index contributed by atoms with van der Waals surface area (Å²) in [5.41, 5.74) is 5.80. The lowest BCUT2D eigenvalue weighted by Crippen LogP contribution is -2.46. The number of nitrogens with one attached hydrogen (secondary N) is 1. The van der Waals surface area contributed by atoms with E-state index in [4.69, 9.17) is 5.73 Å². The lowest BCUT2D eigenvalue weighted by Gasteiger charge is -2.28. The first-order valence-corrected chi connectivity index (χ1v) is 7.89. The SMILES string of the molecule is CCCCN(C)S(=O)(=O)NC1CCC(N)CC1. The molecule has 0 heterocycles. The van der Waals surface area contributed by atoms with Crippen LogP contribution in [-0.2, 0) is 10.2 Å². The molecule has 1 saturated carbocycles. The first kappa shape index (κ1) is 14.9. The lowest BCUT2D eigenvalue weighted by molar-refractivity contribution is 0.361. The smallest absolute Gasteiger partial charge is 0.279 e. The Hall–Kier alpha value is -0.170. The average molecular weight is 263 g/mol. The molecule has 1 aliphatic rings. The Morgan fingerprint density at radius 2 is 1.88 bits per heavy atom. The van der Waals surface area contributed by atoms with E-state index in [-0.39, 0.29) is 12.1 Å². The van der Waals surface area contributed by atoms with Gasteiger partial charge in [-0.25, -0.2) is 0 Å². The van der Waals surface area contributed by atoms with Crippen molar-refractivity contribution in [2.75, 3.05) is 13.6 Å². The van der Waals surface area contributed by atoms with Gasteiger partial charge in [-0.1, -0.05) is 13.3 Å². The second-order valence-electron chi connectivity index (χ2n) is 4.91. The third-order valence-corrected chi connectivity index (χ3v) is 4.96. The Morgan fingerprint density at radius 3 is 2.41 bits per heavy atom. The molecule has 1 rings (SSSR count). The third-order valence-electron chi connectivity index (χ3n) is 3.32. The molecule has 102 valence electrons. The molecule has 1 aliphatic carbocycles. The van der Waals surface area contributed by atoms with Gasteiger partial charge in [0.1, 0.15) is 0 Å². The van der Waals surface area contributed by atoms with E-state index in [1.54, 1.807) is 7.05 Å². The maximum Gasteiger partial charge on any atom is 0.279 e. The molecule has 0 aromatic rings. The fourth-order valence-corrected chi connectivity index (χ4v) is 3.24. The molecule has 1 fully saturated rings. The summed E-state index contributed by atoms with van der Waals surface area (Å²) in [7, 11) is -1.68. The maximum absolute atomic E-state index is 12.0. The van der Waals surface area contributed by atoms with Crippen LogP contribution in [0.25, 0.3) is 0 Å². The summed E-state index contributed by atoms with van der Waals surface area (Å²) >= 11 is 0. The van der Waals surface area contributed by atoms with E-state index in [0.29, 0.717) is 6.54 Å². The molecule has 0 atom stereocenters. The summed E-state index contributed by atoms with van der Waals surface area (Å²) in [4.78, 5) is 0. The standard InChI is InChI=1S/C11H25N3O2S/c1-3-4-9-14(2)17(15,16)13-11-7-5-10(12)6-8-11/h10-11,13H,3-9,12H2,1-2H3. The van der Waals surface area contributed by atoms with E-state index < -0.39 is 10.2 Å². The Bertz CT molecular complexity index is 311. The zero-order valence-electron chi connectivity index (χ0n) is 10.9. The van der Waals surface area contributed by atoms with E-state index in [0.717, 1.165) is 38.5 Å². The normalized spacial score (nSPS) is 26.4. The minimum atomic E-state index is -3.31. The van der Waals surface area contributed by atoms with Gasteiger partial charge in [-0.3, -0.25) is 0 Å². The number of nitrogens with two attached hydrogens (primary N) is 1. The van der Waals surface area contributed by atoms with E-state index in [1.165, 1.54) is 4.31 Å². The van der Waals surface area contributed by atoms with Crippen LogP contribution >= 0.6 is 0 Å². The fraction of sp³-hybridized carbons (Fsp3) is 1.00. The second-order valence-corrected chi connectivity index (χ2v) is 6.72. The molecule has 3 N–H and O–H groups in total. The maximum atomic E-state index is 12.0. The largest absolute Gasteiger partial charge is 0.328 e. The number of hydrogen-bond donors (Lipinski definition) is 2. The Morgan fingerprint density at radius 1 is 1.29 bits per heavy atom. The molecule has 0 amide bonds. The van der Waals surface area contributed by atoms with Gasteiger partial charge in [0.25, 0.3) is 10.2 Å². The van der Waals surface area contributed by atoms with Crippen LogP contribution in [0.2, 0.25) is 0 Å². The molecule has 5 nitrogen and oxygen atoms in total. The molecule has 0 spiro atoms. The highest BCUT2D eigenvalue weighted by atomic mass is 32.2. The molecule has 0 aromatic carbocycles. The van der Waals surface area contributed by atoms with Crippen molar-refractivity contribution < 1.29 is 8.42 Å². The summed E-state index contributed by atoms with van der Waals surface area (Å²) in [6, 6.07) is 0.303. The van der Waals surface area contributed by atoms with Crippen LogP contribution in [0, 0.1) is 0 Å². The van der Waals surface area contributed by atoms with Gasteiger partial charge in [0, 0.05) is 25.7 Å². The lowest BCUT2D eigenvalue weighted by atomic mass is 9.93. The predicted molar refractivity (Wildman–Crippen MR) is 69.8 cm³/mol. The molecule has 17 heavy (non-hydrogen) atoms. The van der Waals surface area contributed by atoms with Crippen molar-refractivity contribution >= 4 is 10.2 Å². The monoisotopic (exact) mass is 263 g/mol. The van der Waals surface area contributed by atoms with E-state index in [1.807, 2.05) is 0 Å². The number of nitrogens with zero attached hydrogens (tertiary/aromatic N) is 1. The van der Waals surface area contributed by atoms with Gasteiger partial charge < -0.3 is 5.73 Å². The molecule has 0 unspecified atom stereocenters. The highest BCUT2D eigenvalue weighted by molar-refractivity contribution is 7.87. The summed E-state index contributed by atoms with van der Waals surface area (Å²) in [6.45, 7) is 2.63. The molecular formula is C11H25N3O2S. The molecule has 0 radical (unpaired) electrons. The Kier molecular flexibility index (Phi) is 5.85. The third kappa shape index (κ3) is 4.91. The van der Waals surface area contributed by atoms with Crippen molar-refractivity contribution in [3.63, 3.8) is 0 Å². The van der Waals surface area contributed by atoms with E-state index in [9.17, 15) is 8.42 Å². The summed E-state index contributed by atoms with van der Waals surface area (Å²) in [5.74, 6) is 0. The van der Waals surface area contributed by atoms with Crippen molar-refractivity contribution in [1.29, 1.82) is 0 Å². The highest BCUT2D eigenvalue weighted by Gasteiger charge is 2.25. The first-order valence-electron chi connectivity index (χ1n) is 6.45. The second kappa shape index (κ2) is 6.68. The van der Waals surface area contributed by atoms with E-state index in [2.05, 4.69) is 11.6 Å². The molecular weight excluding hydrogens is 238 g/mol. The average Bonchev–Trinajstić information content (AvgIpc) is 2.28. The summed E-state index contributed by atoms with van der Waals surface area (Å²) < 4.78 is 28.1. The van der Waals surface area contributed by atoms with Crippen LogP contribution < -0.4 is 10.5 Å². The predicted octanol–water partition coefficient (Wildman–Crippen LogP) is 0.823. The molecule has 0 bridgehead atoms. The van der Waals surface area contributed by atoms with Gasteiger partial charge in [0.05, 0.1) is 0 Å². The Balaban J connectivity index is 2.43. The van der Waals surface area contributed by atoms with E-state index >= 15 is 0 Å². The quantitative estimate of drug-likeness (QED) is 0.745. The van der Waals surface area contributed by atoms with Gasteiger partial charge in [-0.2, -0.15) is 17.4 Å². The zero-order chi connectivity index (χ0) is 12.9. The fourth-order valence-electron chi connectivity index (χ4n) is 2.04. The molecule has 0 aliphatic heterocycles. The summed E-state index contributed by atoms with van der Waals surface area (Å²) in [5, 5.41) is 0. The van der Waals surface area contributed by atoms with Crippen LogP contribution in [0.4, 0.5) is 0 Å². The van der Waals surface area contributed by atoms with Crippen LogP contribution in [-0.4, -0.2) is 38.4 Å². The van der Waals surface area contributed by atoms with Crippen LogP contribution in [0.1, 0.15) is 45.4 Å². The van der Waals surface area contributed by atoms with Crippen molar-refractivity contribution in [3.05, 3.63) is 0 Å². The van der Waals surface area contributed by atoms with Gasteiger partial charge in [-0.15, -0.1) is 0 Å². The van der Waals surface area contributed by atoms with Crippen LogP contribution in [0.3, 0.4) is 0 Å². The van der Waals surface area contributed by atoms with Gasteiger partial charge in [0.15, 0.2) is 0 Å². The number of rotatable bonds is 6. The first-order chi connectivity index (χ1) is 7.95. The van der Waals surface area contributed by atoms with Gasteiger partial charge in [0.2, 0.25) is 0 Å². The van der Waals surface area contributed by atoms with Crippen molar-refractivity contribution in [2.45, 2.75) is 57.5 Å². The minimum Gasteiger partial charge on any atom is -0.328 e. The van der Waals surface area contributed by atoms with Crippen LogP contribution in [0.5, 0.6) is 0 Å². The number of hydrogen-bond acceptors (Lipinski definition) is 3. The zero-order valence-corrected chi connectivity index (χ0v) is 11.7. The van der Waals surface area contributed by atoms with Gasteiger partial charge in [-0.05, 0) is 32.1 Å². The highest BCUT2D eigenvalue weighted by Crippen LogP contribution is 2.18. The number of unbranched alkanes of at least 4 members (excludes halogenated alkanes) is 1. The van der Waals surface area contributed by atoms with Gasteiger partial charge >= 0.3 is 0 Å². The molecule has 0 aromatic heterocycles. The van der Waals surface area contributed by atoms with Crippen LogP contribution in [0.15, 0.2) is 0 Å². The van der Waals surface area contributed by atoms with Crippen molar-refractivity contribution in [2.24, 2.45) is 5.73 Å².